The van der Waals surface area contributed by atoms with Crippen LogP contribution >= 0.6 is 0 Å². The highest BCUT2D eigenvalue weighted by atomic mass is 16.5. The van der Waals surface area contributed by atoms with Crippen molar-refractivity contribution < 1.29 is 13.9 Å². The van der Waals surface area contributed by atoms with Gasteiger partial charge in [-0.05, 0) is 43.0 Å². The van der Waals surface area contributed by atoms with Crippen molar-refractivity contribution in [1.29, 1.82) is 0 Å². The zero-order chi connectivity index (χ0) is 16.3. The van der Waals surface area contributed by atoms with Crippen molar-refractivity contribution >= 4 is 16.9 Å². The minimum absolute atomic E-state index is 0.00383. The first-order valence-corrected chi connectivity index (χ1v) is 7.71. The third-order valence-electron chi connectivity index (χ3n) is 3.84. The molecule has 1 heterocycles. The molecule has 2 rings (SSSR count). The molecule has 120 valence electrons. The van der Waals surface area contributed by atoms with E-state index in [4.69, 9.17) is 9.15 Å². The van der Waals surface area contributed by atoms with Crippen LogP contribution in [0.2, 0.25) is 0 Å². The summed E-state index contributed by atoms with van der Waals surface area (Å²) in [5.74, 6) is 0.432. The van der Waals surface area contributed by atoms with Crippen molar-refractivity contribution in [1.82, 2.24) is 5.32 Å². The zero-order valence-electron chi connectivity index (χ0n) is 14.0. The lowest BCUT2D eigenvalue weighted by molar-refractivity contribution is -0.121. The van der Waals surface area contributed by atoms with Crippen molar-refractivity contribution in [2.45, 2.75) is 46.1 Å². The summed E-state index contributed by atoms with van der Waals surface area (Å²) in [6, 6.07) is 4.21. The fraction of sp³-hybridized carbons (Fsp3) is 0.500. The largest absolute Gasteiger partial charge is 0.464 e. The fourth-order valence-electron chi connectivity index (χ4n) is 2.79. The highest BCUT2D eigenvalue weighted by Crippen LogP contribution is 2.29. The maximum absolute atomic E-state index is 12.1. The summed E-state index contributed by atoms with van der Waals surface area (Å²) in [5, 5.41) is 3.96. The molecule has 0 saturated heterocycles. The van der Waals surface area contributed by atoms with E-state index in [0.29, 0.717) is 18.9 Å². The van der Waals surface area contributed by atoms with Crippen LogP contribution in [0.25, 0.3) is 11.0 Å². The van der Waals surface area contributed by atoms with Gasteiger partial charge < -0.3 is 14.5 Å². The molecule has 1 amide bonds. The Labute approximate surface area is 131 Å². The molecule has 0 aliphatic rings. The molecule has 2 aromatic rings. The molecule has 0 fully saturated rings. The van der Waals surface area contributed by atoms with Crippen LogP contribution in [0.5, 0.6) is 0 Å². The standard InChI is InChI=1S/C18H25NO3/c1-11(2)15-8-16-14(10-22-17(16)6-12(15)3)7-18(20)19-13(4)9-21-5/h6,8,10-11,13H,7,9H2,1-5H3,(H,19,20). The maximum atomic E-state index is 12.1. The Bertz CT molecular complexity index is 658. The zero-order valence-corrected chi connectivity index (χ0v) is 14.0. The quantitative estimate of drug-likeness (QED) is 0.887. The van der Waals surface area contributed by atoms with Crippen molar-refractivity contribution in [3.63, 3.8) is 0 Å². The highest BCUT2D eigenvalue weighted by molar-refractivity contribution is 5.88. The molecule has 1 aromatic carbocycles. The molecule has 0 radical (unpaired) electrons. The lowest BCUT2D eigenvalue weighted by Gasteiger charge is -2.12. The molecule has 1 atom stereocenters. The smallest absolute Gasteiger partial charge is 0.224 e. The van der Waals surface area contributed by atoms with Gasteiger partial charge in [0, 0.05) is 24.1 Å². The Morgan fingerprint density at radius 3 is 2.68 bits per heavy atom. The third kappa shape index (κ3) is 3.69. The molecule has 0 spiro atoms. The van der Waals surface area contributed by atoms with Gasteiger partial charge in [0.2, 0.25) is 5.91 Å². The summed E-state index contributed by atoms with van der Waals surface area (Å²) in [6.45, 7) is 8.87. The molecule has 0 aliphatic heterocycles. The van der Waals surface area contributed by atoms with Crippen molar-refractivity contribution in [2.24, 2.45) is 0 Å². The van der Waals surface area contributed by atoms with E-state index in [1.807, 2.05) is 6.92 Å². The van der Waals surface area contributed by atoms with Gasteiger partial charge in [0.1, 0.15) is 5.58 Å². The monoisotopic (exact) mass is 303 g/mol. The second kappa shape index (κ2) is 6.97. The van der Waals surface area contributed by atoms with Gasteiger partial charge in [-0.3, -0.25) is 4.79 Å². The number of fused-ring (bicyclic) bond motifs is 1. The number of nitrogens with one attached hydrogen (secondary N) is 1. The molecule has 22 heavy (non-hydrogen) atoms. The van der Waals surface area contributed by atoms with E-state index >= 15 is 0 Å². The Hall–Kier alpha value is -1.81. The minimum atomic E-state index is -0.0149. The van der Waals surface area contributed by atoms with E-state index in [1.54, 1.807) is 13.4 Å². The molecule has 0 aliphatic carbocycles. The highest BCUT2D eigenvalue weighted by Gasteiger charge is 2.15. The van der Waals surface area contributed by atoms with Crippen LogP contribution in [-0.2, 0) is 16.0 Å². The Balaban J connectivity index is 2.21. The molecule has 1 N–H and O–H groups in total. The summed E-state index contributed by atoms with van der Waals surface area (Å²) in [6.07, 6.45) is 2.01. The van der Waals surface area contributed by atoms with E-state index in [2.05, 4.69) is 38.2 Å². The van der Waals surface area contributed by atoms with Gasteiger partial charge in [-0.1, -0.05) is 13.8 Å². The third-order valence-corrected chi connectivity index (χ3v) is 3.84. The van der Waals surface area contributed by atoms with Gasteiger partial charge in [-0.25, -0.2) is 0 Å². The second-order valence-electron chi connectivity index (χ2n) is 6.22. The topological polar surface area (TPSA) is 51.5 Å². The van der Waals surface area contributed by atoms with Gasteiger partial charge in [0.25, 0.3) is 0 Å². The van der Waals surface area contributed by atoms with Crippen molar-refractivity contribution in [3.8, 4) is 0 Å². The summed E-state index contributed by atoms with van der Waals surface area (Å²) >= 11 is 0. The number of ether oxygens (including phenoxy) is 1. The van der Waals surface area contributed by atoms with Crippen LogP contribution in [0.1, 0.15) is 43.4 Å². The van der Waals surface area contributed by atoms with Crippen LogP contribution in [0.3, 0.4) is 0 Å². The SMILES string of the molecule is COCC(C)NC(=O)Cc1coc2cc(C)c(C(C)C)cc12. The lowest BCUT2D eigenvalue weighted by Crippen LogP contribution is -2.36. The van der Waals surface area contributed by atoms with E-state index in [0.717, 1.165) is 16.5 Å². The second-order valence-corrected chi connectivity index (χ2v) is 6.22. The molecule has 4 heteroatoms. The average Bonchev–Trinajstić information content (AvgIpc) is 2.79. The van der Waals surface area contributed by atoms with E-state index in [-0.39, 0.29) is 11.9 Å². The maximum Gasteiger partial charge on any atom is 0.224 e. The predicted octanol–water partition coefficient (Wildman–Crippen LogP) is 3.56. The van der Waals surface area contributed by atoms with Gasteiger partial charge in [0.05, 0.1) is 19.3 Å². The predicted molar refractivity (Wildman–Crippen MR) is 88.2 cm³/mol. The Morgan fingerprint density at radius 2 is 2.05 bits per heavy atom. The number of amides is 1. The van der Waals surface area contributed by atoms with E-state index in [1.165, 1.54) is 11.1 Å². The molecule has 0 saturated carbocycles. The molecule has 4 nitrogen and oxygen atoms in total. The van der Waals surface area contributed by atoms with Gasteiger partial charge >= 0.3 is 0 Å². The van der Waals surface area contributed by atoms with Crippen LogP contribution in [0, 0.1) is 6.92 Å². The van der Waals surface area contributed by atoms with Crippen LogP contribution in [0.15, 0.2) is 22.8 Å². The summed E-state index contributed by atoms with van der Waals surface area (Å²) < 4.78 is 10.6. The number of rotatable bonds is 6. The number of methoxy groups -OCH3 is 1. The van der Waals surface area contributed by atoms with Gasteiger partial charge in [0.15, 0.2) is 0 Å². The van der Waals surface area contributed by atoms with Crippen molar-refractivity contribution in [2.75, 3.05) is 13.7 Å². The van der Waals surface area contributed by atoms with Crippen LogP contribution in [0.4, 0.5) is 0 Å². The first-order valence-electron chi connectivity index (χ1n) is 7.71. The summed E-state index contributed by atoms with van der Waals surface area (Å²) in [4.78, 5) is 12.1. The summed E-state index contributed by atoms with van der Waals surface area (Å²) in [7, 11) is 1.63. The molecular formula is C18H25NO3. The number of furan rings is 1. The number of carbonyl (C=O) groups excluding carboxylic acids is 1. The Morgan fingerprint density at radius 1 is 1.32 bits per heavy atom. The normalized spacial score (nSPS) is 12.8. The van der Waals surface area contributed by atoms with Crippen LogP contribution < -0.4 is 5.32 Å². The molecule has 0 bridgehead atoms. The van der Waals surface area contributed by atoms with Crippen molar-refractivity contribution in [3.05, 3.63) is 35.1 Å². The van der Waals surface area contributed by atoms with Gasteiger partial charge in [-0.15, -0.1) is 0 Å². The first-order chi connectivity index (χ1) is 10.4. The molecular weight excluding hydrogens is 278 g/mol. The molecule has 1 aromatic heterocycles. The average molecular weight is 303 g/mol. The number of hydrogen-bond donors (Lipinski definition) is 1. The number of hydrogen-bond acceptors (Lipinski definition) is 3. The summed E-state index contributed by atoms with van der Waals surface area (Å²) in [5.41, 5.74) is 4.29. The molecule has 1 unspecified atom stereocenters. The van der Waals surface area contributed by atoms with Crippen LogP contribution in [-0.4, -0.2) is 25.7 Å². The number of carbonyl (C=O) groups is 1. The Kier molecular flexibility index (Phi) is 5.24. The number of benzene rings is 1. The van der Waals surface area contributed by atoms with Gasteiger partial charge in [-0.2, -0.15) is 0 Å². The number of aryl methyl sites for hydroxylation is 1. The first kappa shape index (κ1) is 16.6. The minimum Gasteiger partial charge on any atom is -0.464 e. The van der Waals surface area contributed by atoms with E-state index in [9.17, 15) is 4.79 Å². The lowest BCUT2D eigenvalue weighted by atomic mass is 9.95. The fourth-order valence-corrected chi connectivity index (χ4v) is 2.79. The van der Waals surface area contributed by atoms with E-state index < -0.39 is 0 Å².